The molecule has 0 bridgehead atoms. The molecule has 4 heteroatoms. The first kappa shape index (κ1) is 24.4. The molecule has 0 saturated heterocycles. The van der Waals surface area contributed by atoms with Gasteiger partial charge in [-0.1, -0.05) is 123 Å². The normalized spacial score (nSPS) is 13.2. The number of fused-ring (bicyclic) bond motifs is 5. The minimum absolute atomic E-state index is 0.160. The Balaban J connectivity index is 1.38. The second-order valence-corrected chi connectivity index (χ2v) is 11.3. The van der Waals surface area contributed by atoms with Crippen LogP contribution in [0.3, 0.4) is 0 Å². The van der Waals surface area contributed by atoms with E-state index in [0.717, 1.165) is 22.4 Å². The summed E-state index contributed by atoms with van der Waals surface area (Å²) in [7, 11) is 0. The first-order valence-electron chi connectivity index (χ1n) is 14.3. The van der Waals surface area contributed by atoms with E-state index in [4.69, 9.17) is 15.0 Å². The molecule has 8 rings (SSSR count). The summed E-state index contributed by atoms with van der Waals surface area (Å²) >= 11 is 0. The number of hydrogen-bond acceptors (Lipinski definition) is 3. The molecule has 0 saturated carbocycles. The van der Waals surface area contributed by atoms with Crippen molar-refractivity contribution in [2.24, 2.45) is 0 Å². The van der Waals surface area contributed by atoms with Crippen molar-refractivity contribution in [1.82, 2.24) is 19.5 Å². The van der Waals surface area contributed by atoms with E-state index in [2.05, 4.69) is 91.2 Å². The van der Waals surface area contributed by atoms with E-state index >= 15 is 0 Å². The van der Waals surface area contributed by atoms with Crippen molar-refractivity contribution < 1.29 is 0 Å². The van der Waals surface area contributed by atoms with Gasteiger partial charge in [0.05, 0.1) is 11.2 Å². The van der Waals surface area contributed by atoms with Gasteiger partial charge >= 0.3 is 0 Å². The van der Waals surface area contributed by atoms with Crippen LogP contribution in [0, 0.1) is 0 Å². The first-order chi connectivity index (χ1) is 20.6. The topological polar surface area (TPSA) is 43.6 Å². The van der Waals surface area contributed by atoms with E-state index < -0.39 is 0 Å². The number of benzene rings is 5. The summed E-state index contributed by atoms with van der Waals surface area (Å²) in [6.07, 6.45) is 0. The van der Waals surface area contributed by atoms with Crippen LogP contribution in [0.2, 0.25) is 0 Å². The molecule has 42 heavy (non-hydrogen) atoms. The molecule has 0 unspecified atom stereocenters. The van der Waals surface area contributed by atoms with Crippen LogP contribution in [0.4, 0.5) is 0 Å². The number of hydrogen-bond donors (Lipinski definition) is 0. The van der Waals surface area contributed by atoms with Gasteiger partial charge < -0.3 is 4.57 Å². The van der Waals surface area contributed by atoms with Gasteiger partial charge in [0.25, 0.3) is 0 Å². The van der Waals surface area contributed by atoms with Crippen molar-refractivity contribution in [1.29, 1.82) is 0 Å². The minimum Gasteiger partial charge on any atom is -0.309 e. The molecule has 0 radical (unpaired) electrons. The summed E-state index contributed by atoms with van der Waals surface area (Å²) in [5, 5.41) is 1.29. The van der Waals surface area contributed by atoms with Crippen molar-refractivity contribution in [3.8, 4) is 51.1 Å². The van der Waals surface area contributed by atoms with E-state index in [-0.39, 0.29) is 5.41 Å². The van der Waals surface area contributed by atoms with Crippen LogP contribution in [-0.4, -0.2) is 19.5 Å². The summed E-state index contributed by atoms with van der Waals surface area (Å²) in [5.41, 5.74) is 10.2. The van der Waals surface area contributed by atoms with Crippen molar-refractivity contribution in [3.63, 3.8) is 0 Å². The highest BCUT2D eigenvalue weighted by Crippen LogP contribution is 2.54. The second-order valence-electron chi connectivity index (χ2n) is 11.3. The van der Waals surface area contributed by atoms with Crippen molar-refractivity contribution in [2.75, 3.05) is 0 Å². The molecule has 1 aliphatic rings. The summed E-state index contributed by atoms with van der Waals surface area (Å²) in [6.45, 7) is 4.67. The fourth-order valence-electron chi connectivity index (χ4n) is 6.47. The molecular formula is C38H28N4. The van der Waals surface area contributed by atoms with Crippen molar-refractivity contribution in [2.45, 2.75) is 19.3 Å². The minimum atomic E-state index is -0.160. The third-order valence-corrected chi connectivity index (χ3v) is 8.42. The molecule has 2 aromatic heterocycles. The molecule has 5 aromatic carbocycles. The Labute approximate surface area is 245 Å². The lowest BCUT2D eigenvalue weighted by atomic mass is 9.81. The lowest BCUT2D eigenvalue weighted by molar-refractivity contribution is 0.666. The molecule has 2 heterocycles. The molecule has 0 N–H and O–H groups in total. The average Bonchev–Trinajstić information content (AvgIpc) is 3.52. The maximum Gasteiger partial charge on any atom is 0.164 e. The number of aromatic nitrogens is 4. The van der Waals surface area contributed by atoms with Gasteiger partial charge in [-0.2, -0.15) is 0 Å². The van der Waals surface area contributed by atoms with Gasteiger partial charge in [-0.3, -0.25) is 0 Å². The Hall–Kier alpha value is -5.35. The molecule has 0 aliphatic heterocycles. The predicted octanol–water partition coefficient (Wildman–Crippen LogP) is 9.12. The average molecular weight is 541 g/mol. The van der Waals surface area contributed by atoms with Crippen LogP contribution in [0.5, 0.6) is 0 Å². The SMILES string of the molecule is CC1(C)c2ccc(-c3nc(-c4ccccc4)nc(-c4ccccc4)n3)cc2-c2c1c1ccccc1n2-c1ccccc1. The van der Waals surface area contributed by atoms with Gasteiger partial charge in [-0.15, -0.1) is 0 Å². The standard InChI is InChI=1S/C38H28N4/c1-38(2)31-23-22-27(37-40-35(25-14-6-3-7-15-25)39-36(41-37)26-16-8-4-9-17-26)24-30(31)34-33(38)29-20-12-13-21-32(29)42(34)28-18-10-5-11-19-28/h3-24H,1-2H3. The highest BCUT2D eigenvalue weighted by molar-refractivity contribution is 5.99. The largest absolute Gasteiger partial charge is 0.309 e. The first-order valence-corrected chi connectivity index (χ1v) is 14.3. The molecule has 0 amide bonds. The summed E-state index contributed by atoms with van der Waals surface area (Å²) in [5.74, 6) is 2.00. The molecular weight excluding hydrogens is 512 g/mol. The molecule has 4 nitrogen and oxygen atoms in total. The number of rotatable bonds is 4. The lowest BCUT2D eigenvalue weighted by Crippen LogP contribution is -2.14. The Morgan fingerprint density at radius 1 is 0.524 bits per heavy atom. The Morgan fingerprint density at radius 3 is 1.67 bits per heavy atom. The van der Waals surface area contributed by atoms with E-state index in [1.54, 1.807) is 0 Å². The van der Waals surface area contributed by atoms with Crippen LogP contribution in [0.15, 0.2) is 133 Å². The van der Waals surface area contributed by atoms with Gasteiger partial charge in [0.15, 0.2) is 17.5 Å². The van der Waals surface area contributed by atoms with Gasteiger partial charge in [0, 0.05) is 38.7 Å². The highest BCUT2D eigenvalue weighted by Gasteiger charge is 2.40. The summed E-state index contributed by atoms with van der Waals surface area (Å²) in [4.78, 5) is 14.9. The van der Waals surface area contributed by atoms with Gasteiger partial charge in [0.2, 0.25) is 0 Å². The smallest absolute Gasteiger partial charge is 0.164 e. The Morgan fingerprint density at radius 2 is 1.05 bits per heavy atom. The Kier molecular flexibility index (Phi) is 5.44. The number of para-hydroxylation sites is 2. The molecule has 0 fully saturated rings. The molecule has 0 atom stereocenters. The quantitative estimate of drug-likeness (QED) is 0.224. The Bertz CT molecular complexity index is 2040. The maximum absolute atomic E-state index is 5.01. The lowest BCUT2D eigenvalue weighted by Gasteiger charge is -2.21. The van der Waals surface area contributed by atoms with Crippen LogP contribution < -0.4 is 0 Å². The molecule has 0 spiro atoms. The fourth-order valence-corrected chi connectivity index (χ4v) is 6.47. The van der Waals surface area contributed by atoms with E-state index in [1.165, 1.54) is 33.3 Å². The third kappa shape index (κ3) is 3.72. The van der Waals surface area contributed by atoms with Crippen LogP contribution in [0.25, 0.3) is 62.0 Å². The zero-order valence-corrected chi connectivity index (χ0v) is 23.5. The van der Waals surface area contributed by atoms with Crippen molar-refractivity contribution in [3.05, 3.63) is 145 Å². The molecule has 200 valence electrons. The van der Waals surface area contributed by atoms with Gasteiger partial charge in [0.1, 0.15) is 0 Å². The molecule has 7 aromatic rings. The van der Waals surface area contributed by atoms with Gasteiger partial charge in [-0.25, -0.2) is 15.0 Å². The fraction of sp³-hybridized carbons (Fsp3) is 0.0789. The third-order valence-electron chi connectivity index (χ3n) is 8.42. The van der Waals surface area contributed by atoms with E-state index in [0.29, 0.717) is 17.5 Å². The van der Waals surface area contributed by atoms with Crippen LogP contribution >= 0.6 is 0 Å². The highest BCUT2D eigenvalue weighted by atomic mass is 15.0. The zero-order chi connectivity index (χ0) is 28.3. The zero-order valence-electron chi connectivity index (χ0n) is 23.5. The van der Waals surface area contributed by atoms with Crippen LogP contribution in [0.1, 0.15) is 25.0 Å². The summed E-state index contributed by atoms with van der Waals surface area (Å²) < 4.78 is 2.42. The van der Waals surface area contributed by atoms with Gasteiger partial charge in [-0.05, 0) is 35.4 Å². The predicted molar refractivity (Wildman–Crippen MR) is 171 cm³/mol. The molecule has 1 aliphatic carbocycles. The van der Waals surface area contributed by atoms with E-state index in [1.807, 2.05) is 60.7 Å². The van der Waals surface area contributed by atoms with E-state index in [9.17, 15) is 0 Å². The number of nitrogens with zero attached hydrogens (tertiary/aromatic N) is 4. The monoisotopic (exact) mass is 540 g/mol. The van der Waals surface area contributed by atoms with Crippen LogP contribution in [-0.2, 0) is 5.41 Å². The summed E-state index contributed by atoms with van der Waals surface area (Å²) in [6, 6.07) is 46.4. The maximum atomic E-state index is 5.01. The second kappa shape index (κ2) is 9.35. The van der Waals surface area contributed by atoms with Crippen molar-refractivity contribution >= 4 is 10.9 Å².